The van der Waals surface area contributed by atoms with Crippen molar-refractivity contribution in [3.05, 3.63) is 30.3 Å². The smallest absolute Gasteiger partial charge is 0.223 e. The molecule has 3 atom stereocenters. The molecule has 1 fully saturated rings. The van der Waals surface area contributed by atoms with Gasteiger partial charge in [-0.1, -0.05) is 31.5 Å². The van der Waals surface area contributed by atoms with Crippen molar-refractivity contribution in [2.45, 2.75) is 38.6 Å². The Labute approximate surface area is 127 Å². The van der Waals surface area contributed by atoms with Gasteiger partial charge < -0.3 is 15.8 Å². The minimum atomic E-state index is -0.0345. The molecule has 3 N–H and O–H groups in total. The summed E-state index contributed by atoms with van der Waals surface area (Å²) in [6.45, 7) is 3.18. The first-order valence-corrected chi connectivity index (χ1v) is 7.89. The largest absolute Gasteiger partial charge is 0.494 e. The molecule has 1 aliphatic carbocycles. The Kier molecular flexibility index (Phi) is 6.05. The highest BCUT2D eigenvalue weighted by molar-refractivity contribution is 5.78. The molecule has 0 saturated heterocycles. The summed E-state index contributed by atoms with van der Waals surface area (Å²) < 4.78 is 5.64. The maximum absolute atomic E-state index is 12.2. The van der Waals surface area contributed by atoms with Crippen molar-refractivity contribution in [1.29, 1.82) is 0 Å². The summed E-state index contributed by atoms with van der Waals surface area (Å²) in [5, 5.41) is 3.15. The lowest BCUT2D eigenvalue weighted by Crippen LogP contribution is -2.42. The number of para-hydroxylation sites is 1. The van der Waals surface area contributed by atoms with Gasteiger partial charge in [0.05, 0.1) is 6.61 Å². The minimum Gasteiger partial charge on any atom is -0.494 e. The Hall–Kier alpha value is -1.55. The van der Waals surface area contributed by atoms with Crippen molar-refractivity contribution in [3.63, 3.8) is 0 Å². The fourth-order valence-electron chi connectivity index (χ4n) is 2.84. The lowest BCUT2D eigenvalue weighted by atomic mass is 10.0. The number of hydrogen-bond donors (Lipinski definition) is 2. The first-order chi connectivity index (χ1) is 10.2. The number of ether oxygens (including phenoxy) is 1. The van der Waals surface area contributed by atoms with Gasteiger partial charge in [-0.15, -0.1) is 0 Å². The van der Waals surface area contributed by atoms with Crippen LogP contribution in [0.15, 0.2) is 30.3 Å². The number of amides is 1. The molecule has 1 aromatic carbocycles. The predicted octanol–water partition coefficient (Wildman–Crippen LogP) is 2.34. The van der Waals surface area contributed by atoms with E-state index in [1.807, 2.05) is 37.3 Å². The molecule has 1 aromatic rings. The van der Waals surface area contributed by atoms with E-state index in [1.54, 1.807) is 0 Å². The maximum atomic E-state index is 12.2. The summed E-state index contributed by atoms with van der Waals surface area (Å²) in [7, 11) is 0. The Morgan fingerprint density at radius 1 is 1.38 bits per heavy atom. The van der Waals surface area contributed by atoms with E-state index in [9.17, 15) is 4.79 Å². The molecule has 3 unspecified atom stereocenters. The number of nitrogens with two attached hydrogens (primary N) is 1. The summed E-state index contributed by atoms with van der Waals surface area (Å²) in [5.41, 5.74) is 5.75. The van der Waals surface area contributed by atoms with E-state index in [1.165, 1.54) is 0 Å². The zero-order valence-electron chi connectivity index (χ0n) is 12.8. The SMILES string of the molecule is CC(CCOc1ccccc1)C(=O)NC1CCCC1CN. The number of carbonyl (C=O) groups is 1. The number of carbonyl (C=O) groups excluding carboxylic acids is 1. The van der Waals surface area contributed by atoms with Gasteiger partial charge in [0.2, 0.25) is 5.91 Å². The van der Waals surface area contributed by atoms with E-state index in [-0.39, 0.29) is 17.9 Å². The van der Waals surface area contributed by atoms with Gasteiger partial charge in [0.1, 0.15) is 5.75 Å². The van der Waals surface area contributed by atoms with Crippen LogP contribution in [0, 0.1) is 11.8 Å². The number of hydrogen-bond acceptors (Lipinski definition) is 3. The van der Waals surface area contributed by atoms with Crippen LogP contribution in [-0.4, -0.2) is 25.1 Å². The van der Waals surface area contributed by atoms with E-state index in [0.29, 0.717) is 19.1 Å². The van der Waals surface area contributed by atoms with Gasteiger partial charge in [-0.25, -0.2) is 0 Å². The predicted molar refractivity (Wildman–Crippen MR) is 84.0 cm³/mol. The van der Waals surface area contributed by atoms with Gasteiger partial charge in [-0.05, 0) is 43.9 Å². The van der Waals surface area contributed by atoms with Gasteiger partial charge in [-0.3, -0.25) is 4.79 Å². The van der Waals surface area contributed by atoms with Gasteiger partial charge >= 0.3 is 0 Å². The molecule has 0 aromatic heterocycles. The van der Waals surface area contributed by atoms with Crippen molar-refractivity contribution < 1.29 is 9.53 Å². The molecular weight excluding hydrogens is 264 g/mol. The van der Waals surface area contributed by atoms with Crippen LogP contribution in [-0.2, 0) is 4.79 Å². The molecule has 4 nitrogen and oxygen atoms in total. The van der Waals surface area contributed by atoms with E-state index in [0.717, 1.165) is 31.4 Å². The van der Waals surface area contributed by atoms with E-state index >= 15 is 0 Å². The fraction of sp³-hybridized carbons (Fsp3) is 0.588. The summed E-state index contributed by atoms with van der Waals surface area (Å²) in [5.74, 6) is 1.38. The van der Waals surface area contributed by atoms with Gasteiger partial charge in [0, 0.05) is 12.0 Å². The fourth-order valence-corrected chi connectivity index (χ4v) is 2.84. The monoisotopic (exact) mass is 290 g/mol. The topological polar surface area (TPSA) is 64.3 Å². The molecule has 0 spiro atoms. The second kappa shape index (κ2) is 8.03. The average molecular weight is 290 g/mol. The minimum absolute atomic E-state index is 0.0345. The average Bonchev–Trinajstić information content (AvgIpc) is 2.95. The molecular formula is C17H26N2O2. The Balaban J connectivity index is 1.70. The van der Waals surface area contributed by atoms with Crippen molar-refractivity contribution >= 4 is 5.91 Å². The van der Waals surface area contributed by atoms with Gasteiger partial charge in [0.25, 0.3) is 0 Å². The molecule has 1 amide bonds. The second-order valence-electron chi connectivity index (χ2n) is 5.89. The van der Waals surface area contributed by atoms with Crippen LogP contribution in [0.25, 0.3) is 0 Å². The standard InChI is InChI=1S/C17H26N2O2/c1-13(10-11-21-15-7-3-2-4-8-15)17(20)19-16-9-5-6-14(16)12-18/h2-4,7-8,13-14,16H,5-6,9-12,18H2,1H3,(H,19,20). The van der Waals surface area contributed by atoms with Crippen molar-refractivity contribution in [2.75, 3.05) is 13.2 Å². The highest BCUT2D eigenvalue weighted by atomic mass is 16.5. The van der Waals surface area contributed by atoms with Crippen LogP contribution in [0.3, 0.4) is 0 Å². The van der Waals surface area contributed by atoms with Crippen molar-refractivity contribution in [2.24, 2.45) is 17.6 Å². The maximum Gasteiger partial charge on any atom is 0.223 e. The third-order valence-corrected chi connectivity index (χ3v) is 4.30. The normalized spacial score (nSPS) is 22.8. The first kappa shape index (κ1) is 15.8. The van der Waals surface area contributed by atoms with Gasteiger partial charge in [0.15, 0.2) is 0 Å². The zero-order chi connectivity index (χ0) is 15.1. The third-order valence-electron chi connectivity index (χ3n) is 4.30. The molecule has 1 saturated carbocycles. The molecule has 2 rings (SSSR count). The molecule has 1 aliphatic rings. The Bertz CT molecular complexity index is 436. The van der Waals surface area contributed by atoms with Crippen LogP contribution in [0.2, 0.25) is 0 Å². The molecule has 0 radical (unpaired) electrons. The molecule has 0 aliphatic heterocycles. The third kappa shape index (κ3) is 4.74. The second-order valence-corrected chi connectivity index (χ2v) is 5.89. The quantitative estimate of drug-likeness (QED) is 0.810. The lowest BCUT2D eigenvalue weighted by Gasteiger charge is -2.21. The first-order valence-electron chi connectivity index (χ1n) is 7.89. The van der Waals surface area contributed by atoms with Crippen LogP contribution in [0.1, 0.15) is 32.6 Å². The van der Waals surface area contributed by atoms with Crippen LogP contribution in [0.5, 0.6) is 5.75 Å². The van der Waals surface area contributed by atoms with Crippen LogP contribution in [0.4, 0.5) is 0 Å². The highest BCUT2D eigenvalue weighted by Crippen LogP contribution is 2.25. The number of rotatable bonds is 7. The van der Waals surface area contributed by atoms with E-state index in [4.69, 9.17) is 10.5 Å². The highest BCUT2D eigenvalue weighted by Gasteiger charge is 2.28. The summed E-state index contributed by atoms with van der Waals surface area (Å²) in [6.07, 6.45) is 4.08. The lowest BCUT2D eigenvalue weighted by molar-refractivity contribution is -0.125. The number of benzene rings is 1. The summed E-state index contributed by atoms with van der Waals surface area (Å²) in [6, 6.07) is 9.96. The van der Waals surface area contributed by atoms with Crippen LogP contribution < -0.4 is 15.8 Å². The summed E-state index contributed by atoms with van der Waals surface area (Å²) in [4.78, 5) is 12.2. The molecule has 0 bridgehead atoms. The van der Waals surface area contributed by atoms with Crippen molar-refractivity contribution in [3.8, 4) is 5.75 Å². The molecule has 21 heavy (non-hydrogen) atoms. The Morgan fingerprint density at radius 3 is 2.86 bits per heavy atom. The van der Waals surface area contributed by atoms with Crippen molar-refractivity contribution in [1.82, 2.24) is 5.32 Å². The molecule has 4 heteroatoms. The Morgan fingerprint density at radius 2 is 2.14 bits per heavy atom. The van der Waals surface area contributed by atoms with Gasteiger partial charge in [-0.2, -0.15) is 0 Å². The number of nitrogens with one attached hydrogen (secondary N) is 1. The van der Waals surface area contributed by atoms with Crippen LogP contribution >= 0.6 is 0 Å². The summed E-state index contributed by atoms with van der Waals surface area (Å²) >= 11 is 0. The van der Waals surface area contributed by atoms with E-state index < -0.39 is 0 Å². The zero-order valence-corrected chi connectivity index (χ0v) is 12.8. The molecule has 116 valence electrons. The molecule has 0 heterocycles. The van der Waals surface area contributed by atoms with E-state index in [2.05, 4.69) is 5.32 Å².